The molecule has 0 spiro atoms. The van der Waals surface area contributed by atoms with Crippen LogP contribution in [0.5, 0.6) is 0 Å². The van der Waals surface area contributed by atoms with E-state index in [-0.39, 0.29) is 12.5 Å². The lowest BCUT2D eigenvalue weighted by molar-refractivity contribution is 0.0746. The van der Waals surface area contributed by atoms with E-state index in [1.54, 1.807) is 0 Å². The maximum atomic E-state index is 13.0. The molecule has 3 heterocycles. The van der Waals surface area contributed by atoms with Gasteiger partial charge >= 0.3 is 0 Å². The van der Waals surface area contributed by atoms with Crippen LogP contribution in [0.3, 0.4) is 0 Å². The van der Waals surface area contributed by atoms with E-state index in [0.717, 1.165) is 29.8 Å². The number of aromatic nitrogens is 2. The number of hydrogen-bond donors (Lipinski definition) is 1. The summed E-state index contributed by atoms with van der Waals surface area (Å²) in [5, 5.41) is 14.6. The molecule has 0 atom stereocenters. The molecule has 2 aromatic heterocycles. The van der Waals surface area contributed by atoms with Gasteiger partial charge in [-0.25, -0.2) is 0 Å². The number of aliphatic hydroxyl groups excluding tert-OH is 1. The molecule has 0 aliphatic carbocycles. The van der Waals surface area contributed by atoms with Crippen molar-refractivity contribution < 1.29 is 14.3 Å². The Kier molecular flexibility index (Phi) is 3.61. The number of fused-ring (bicyclic) bond motifs is 2. The molecule has 6 heteroatoms. The van der Waals surface area contributed by atoms with E-state index in [1.165, 1.54) is 0 Å². The minimum Gasteiger partial charge on any atom is -0.461 e. The van der Waals surface area contributed by atoms with Crippen LogP contribution in [-0.4, -0.2) is 32.2 Å². The first-order chi connectivity index (χ1) is 11.7. The van der Waals surface area contributed by atoms with Crippen molar-refractivity contribution in [3.63, 3.8) is 0 Å². The van der Waals surface area contributed by atoms with Gasteiger partial charge in [0.25, 0.3) is 5.91 Å². The van der Waals surface area contributed by atoms with E-state index in [9.17, 15) is 9.90 Å². The number of aryl methyl sites for hydroxylation is 2. The molecule has 1 aliphatic rings. The fraction of sp³-hybridized carbons (Fsp3) is 0.333. The van der Waals surface area contributed by atoms with Gasteiger partial charge in [0.05, 0.1) is 30.1 Å². The molecule has 0 unspecified atom stereocenters. The number of benzene rings is 1. The van der Waals surface area contributed by atoms with E-state index in [0.29, 0.717) is 29.9 Å². The van der Waals surface area contributed by atoms with E-state index in [2.05, 4.69) is 5.10 Å². The van der Waals surface area contributed by atoms with Crippen molar-refractivity contribution in [2.45, 2.75) is 33.0 Å². The average molecular weight is 325 g/mol. The summed E-state index contributed by atoms with van der Waals surface area (Å²) in [4.78, 5) is 14.9. The molecule has 0 fully saturated rings. The van der Waals surface area contributed by atoms with Gasteiger partial charge in [0.15, 0.2) is 0 Å². The molecule has 1 aliphatic heterocycles. The number of carbonyl (C=O) groups excluding carboxylic acids is 1. The molecule has 0 saturated heterocycles. The highest BCUT2D eigenvalue weighted by Crippen LogP contribution is 2.25. The van der Waals surface area contributed by atoms with Gasteiger partial charge in [0, 0.05) is 18.5 Å². The Labute approximate surface area is 139 Å². The minimum absolute atomic E-state index is 0.0323. The molecule has 124 valence electrons. The predicted octanol–water partition coefficient (Wildman–Crippen LogP) is 2.48. The first-order valence-corrected chi connectivity index (χ1v) is 8.10. The maximum Gasteiger partial charge on any atom is 0.258 e. The number of carbonyl (C=O) groups is 1. The topological polar surface area (TPSA) is 71.5 Å². The summed E-state index contributed by atoms with van der Waals surface area (Å²) in [5.41, 5.74) is 2.83. The van der Waals surface area contributed by atoms with Crippen molar-refractivity contribution in [3.8, 4) is 0 Å². The lowest BCUT2D eigenvalue weighted by Gasteiger charge is -2.20. The molecular formula is C18H19N3O3. The number of aliphatic hydroxyl groups is 1. The summed E-state index contributed by atoms with van der Waals surface area (Å²) < 4.78 is 7.62. The standard InChI is InChI=1S/C18H19N3O3/c1-12-8-13-4-2-5-16(17(13)24-12)18(23)20-6-3-7-21-15(10-20)9-14(11-22)19-21/h2,4-5,8-9,22H,3,6-7,10-11H2,1H3. The first kappa shape index (κ1) is 15.0. The minimum atomic E-state index is -0.0844. The van der Waals surface area contributed by atoms with Crippen LogP contribution in [0.4, 0.5) is 0 Å². The van der Waals surface area contributed by atoms with Crippen LogP contribution >= 0.6 is 0 Å². The molecule has 1 aromatic carbocycles. The molecular weight excluding hydrogens is 306 g/mol. The van der Waals surface area contributed by atoms with E-state index in [1.807, 2.05) is 46.8 Å². The number of para-hydroxylation sites is 1. The fourth-order valence-electron chi connectivity index (χ4n) is 3.30. The molecule has 1 N–H and O–H groups in total. The van der Waals surface area contributed by atoms with Crippen LogP contribution in [0.15, 0.2) is 34.7 Å². The summed E-state index contributed by atoms with van der Waals surface area (Å²) in [6, 6.07) is 9.46. The Morgan fingerprint density at radius 3 is 3.04 bits per heavy atom. The Morgan fingerprint density at radius 1 is 1.33 bits per heavy atom. The highest BCUT2D eigenvalue weighted by atomic mass is 16.3. The third-order valence-corrected chi connectivity index (χ3v) is 4.41. The second-order valence-electron chi connectivity index (χ2n) is 6.17. The van der Waals surface area contributed by atoms with Crippen LogP contribution in [-0.2, 0) is 19.7 Å². The average Bonchev–Trinajstić information content (AvgIpc) is 3.09. The van der Waals surface area contributed by atoms with Crippen molar-refractivity contribution in [1.82, 2.24) is 14.7 Å². The van der Waals surface area contributed by atoms with Gasteiger partial charge in [-0.3, -0.25) is 9.48 Å². The molecule has 0 saturated carbocycles. The Bertz CT molecular complexity index is 910. The van der Waals surface area contributed by atoms with Crippen LogP contribution in [0.1, 0.15) is 33.9 Å². The van der Waals surface area contributed by atoms with Crippen LogP contribution < -0.4 is 0 Å². The highest BCUT2D eigenvalue weighted by molar-refractivity contribution is 6.05. The second kappa shape index (κ2) is 5.79. The maximum absolute atomic E-state index is 13.0. The van der Waals surface area contributed by atoms with E-state index in [4.69, 9.17) is 4.42 Å². The van der Waals surface area contributed by atoms with Gasteiger partial charge in [0.2, 0.25) is 0 Å². The molecule has 4 rings (SSSR count). The number of furan rings is 1. The van der Waals surface area contributed by atoms with Crippen molar-refractivity contribution in [3.05, 3.63) is 53.0 Å². The fourth-order valence-corrected chi connectivity index (χ4v) is 3.30. The molecule has 24 heavy (non-hydrogen) atoms. The van der Waals surface area contributed by atoms with Crippen LogP contribution in [0.25, 0.3) is 11.0 Å². The summed E-state index contributed by atoms with van der Waals surface area (Å²) in [5.74, 6) is 0.766. The Balaban J connectivity index is 1.68. The number of rotatable bonds is 2. The molecule has 3 aromatic rings. The number of hydrogen-bond acceptors (Lipinski definition) is 4. The second-order valence-corrected chi connectivity index (χ2v) is 6.17. The lowest BCUT2D eigenvalue weighted by atomic mass is 10.1. The van der Waals surface area contributed by atoms with Gasteiger partial charge in [-0.05, 0) is 31.5 Å². The zero-order chi connectivity index (χ0) is 16.7. The normalized spacial score (nSPS) is 14.7. The Hall–Kier alpha value is -2.60. The van der Waals surface area contributed by atoms with Crippen molar-refractivity contribution in [2.24, 2.45) is 0 Å². The smallest absolute Gasteiger partial charge is 0.258 e. The quantitative estimate of drug-likeness (QED) is 0.786. The summed E-state index contributed by atoms with van der Waals surface area (Å²) >= 11 is 0. The summed E-state index contributed by atoms with van der Waals surface area (Å²) in [6.07, 6.45) is 0.832. The van der Waals surface area contributed by atoms with Crippen molar-refractivity contribution >= 4 is 16.9 Å². The molecule has 6 nitrogen and oxygen atoms in total. The van der Waals surface area contributed by atoms with Gasteiger partial charge < -0.3 is 14.4 Å². The van der Waals surface area contributed by atoms with Crippen LogP contribution in [0.2, 0.25) is 0 Å². The van der Waals surface area contributed by atoms with Gasteiger partial charge in [-0.2, -0.15) is 5.10 Å². The zero-order valence-electron chi connectivity index (χ0n) is 13.5. The molecule has 1 amide bonds. The van der Waals surface area contributed by atoms with E-state index >= 15 is 0 Å². The third-order valence-electron chi connectivity index (χ3n) is 4.41. The van der Waals surface area contributed by atoms with Crippen LogP contribution in [0, 0.1) is 6.92 Å². The number of nitrogens with zero attached hydrogens (tertiary/aromatic N) is 3. The SMILES string of the molecule is Cc1cc2cccc(C(=O)N3CCCn4nc(CO)cc4C3)c2o1. The Morgan fingerprint density at radius 2 is 2.21 bits per heavy atom. The highest BCUT2D eigenvalue weighted by Gasteiger charge is 2.24. The van der Waals surface area contributed by atoms with Crippen molar-refractivity contribution in [2.75, 3.05) is 6.54 Å². The van der Waals surface area contributed by atoms with Gasteiger partial charge in [-0.1, -0.05) is 12.1 Å². The third kappa shape index (κ3) is 2.49. The molecule has 0 radical (unpaired) electrons. The van der Waals surface area contributed by atoms with Gasteiger partial charge in [-0.15, -0.1) is 0 Å². The molecule has 0 bridgehead atoms. The van der Waals surface area contributed by atoms with Gasteiger partial charge in [0.1, 0.15) is 11.3 Å². The predicted molar refractivity (Wildman–Crippen MR) is 88.5 cm³/mol. The monoisotopic (exact) mass is 325 g/mol. The zero-order valence-corrected chi connectivity index (χ0v) is 13.5. The largest absolute Gasteiger partial charge is 0.461 e. The number of amides is 1. The lowest BCUT2D eigenvalue weighted by Crippen LogP contribution is -2.30. The van der Waals surface area contributed by atoms with E-state index < -0.39 is 0 Å². The van der Waals surface area contributed by atoms with Crippen molar-refractivity contribution in [1.29, 1.82) is 0 Å². The first-order valence-electron chi connectivity index (χ1n) is 8.10. The summed E-state index contributed by atoms with van der Waals surface area (Å²) in [7, 11) is 0. The summed E-state index contributed by atoms with van der Waals surface area (Å²) in [6.45, 7) is 3.71.